The quantitative estimate of drug-likeness (QED) is 0.489. The predicted octanol–water partition coefficient (Wildman–Crippen LogP) is 1.29. The minimum absolute atomic E-state index is 0.141. The number of rotatable bonds is 5. The Labute approximate surface area is 130 Å². The van der Waals surface area contributed by atoms with Gasteiger partial charge in [-0.2, -0.15) is 0 Å². The van der Waals surface area contributed by atoms with Crippen LogP contribution in [0.15, 0.2) is 29.3 Å². The second-order valence-corrected chi connectivity index (χ2v) is 5.44. The maximum absolute atomic E-state index is 13.0. The van der Waals surface area contributed by atoms with E-state index in [-0.39, 0.29) is 18.1 Å². The second-order valence-electron chi connectivity index (χ2n) is 5.44. The molecule has 1 saturated heterocycles. The van der Waals surface area contributed by atoms with Gasteiger partial charge in [-0.25, -0.2) is 4.39 Å². The lowest BCUT2D eigenvalue weighted by Gasteiger charge is -2.27. The maximum atomic E-state index is 13.0. The number of carbonyl (C=O) groups is 1. The van der Waals surface area contributed by atoms with E-state index in [1.807, 2.05) is 0 Å². The molecule has 1 fully saturated rings. The molecular weight excluding hydrogens is 283 g/mol. The van der Waals surface area contributed by atoms with Crippen molar-refractivity contribution in [2.45, 2.75) is 25.7 Å². The van der Waals surface area contributed by atoms with Crippen molar-refractivity contribution in [3.05, 3.63) is 35.6 Å². The van der Waals surface area contributed by atoms with Gasteiger partial charge in [0.1, 0.15) is 5.82 Å². The lowest BCUT2D eigenvalue weighted by Crippen LogP contribution is -2.41. The fourth-order valence-electron chi connectivity index (χ4n) is 2.48. The number of nitrogens with one attached hydrogen (secondary N) is 1. The molecule has 2 rings (SSSR count). The summed E-state index contributed by atoms with van der Waals surface area (Å²) >= 11 is 0. The lowest BCUT2D eigenvalue weighted by atomic mass is 10.1. The van der Waals surface area contributed by atoms with Crippen LogP contribution in [-0.4, -0.2) is 42.9 Å². The van der Waals surface area contributed by atoms with Gasteiger partial charge in [-0.1, -0.05) is 12.1 Å². The number of aliphatic imine (C=N–C) groups is 1. The minimum atomic E-state index is -0.329. The van der Waals surface area contributed by atoms with E-state index >= 15 is 0 Å². The third kappa shape index (κ3) is 5.35. The lowest BCUT2D eigenvalue weighted by molar-refractivity contribution is -0.120. The predicted molar refractivity (Wildman–Crippen MR) is 85.0 cm³/mol. The molecule has 22 heavy (non-hydrogen) atoms. The monoisotopic (exact) mass is 306 g/mol. The Hall–Kier alpha value is -2.11. The molecule has 0 unspecified atom stereocenters. The third-order valence-corrected chi connectivity index (χ3v) is 3.64. The molecule has 3 N–H and O–H groups in total. The molecule has 0 aromatic heterocycles. The highest BCUT2D eigenvalue weighted by Gasteiger charge is 2.11. The van der Waals surface area contributed by atoms with E-state index in [0.29, 0.717) is 24.6 Å². The van der Waals surface area contributed by atoms with Gasteiger partial charge in [-0.05, 0) is 37.0 Å². The van der Waals surface area contributed by atoms with Gasteiger partial charge in [0.05, 0.1) is 13.0 Å². The maximum Gasteiger partial charge on any atom is 0.224 e. The molecule has 1 aromatic carbocycles. The summed E-state index contributed by atoms with van der Waals surface area (Å²) in [5, 5.41) is 2.77. The largest absolute Gasteiger partial charge is 0.370 e. The number of nitrogens with two attached hydrogens (primary N) is 1. The molecule has 120 valence electrons. The second kappa shape index (κ2) is 8.36. The Kier molecular flexibility index (Phi) is 6.18. The smallest absolute Gasteiger partial charge is 0.224 e. The van der Waals surface area contributed by atoms with Crippen molar-refractivity contribution in [2.75, 3.05) is 26.2 Å². The van der Waals surface area contributed by atoms with Crippen molar-refractivity contribution in [2.24, 2.45) is 10.7 Å². The van der Waals surface area contributed by atoms with Crippen LogP contribution in [0.4, 0.5) is 4.39 Å². The first-order chi connectivity index (χ1) is 10.6. The highest BCUT2D eigenvalue weighted by Crippen LogP contribution is 2.07. The van der Waals surface area contributed by atoms with E-state index in [1.54, 1.807) is 12.1 Å². The van der Waals surface area contributed by atoms with Gasteiger partial charge in [0.25, 0.3) is 0 Å². The normalized spacial score (nSPS) is 15.7. The van der Waals surface area contributed by atoms with Crippen LogP contribution in [0.1, 0.15) is 24.8 Å². The Morgan fingerprint density at radius 1 is 1.32 bits per heavy atom. The molecule has 1 aromatic rings. The molecule has 1 aliphatic heterocycles. The number of amides is 1. The number of guanidine groups is 1. The summed E-state index contributed by atoms with van der Waals surface area (Å²) in [5.41, 5.74) is 6.59. The molecule has 1 heterocycles. The first kappa shape index (κ1) is 16.3. The van der Waals surface area contributed by atoms with E-state index in [4.69, 9.17) is 5.73 Å². The van der Waals surface area contributed by atoms with Crippen LogP contribution in [-0.2, 0) is 11.2 Å². The van der Waals surface area contributed by atoms with Crippen molar-refractivity contribution in [3.8, 4) is 0 Å². The van der Waals surface area contributed by atoms with Gasteiger partial charge < -0.3 is 16.0 Å². The molecule has 1 amide bonds. The fourth-order valence-corrected chi connectivity index (χ4v) is 2.48. The third-order valence-electron chi connectivity index (χ3n) is 3.64. The van der Waals surface area contributed by atoms with Gasteiger partial charge in [-0.15, -0.1) is 0 Å². The van der Waals surface area contributed by atoms with E-state index in [2.05, 4.69) is 15.2 Å². The summed E-state index contributed by atoms with van der Waals surface area (Å²) in [5.74, 6) is 0.0839. The van der Waals surface area contributed by atoms with Crippen molar-refractivity contribution in [3.63, 3.8) is 0 Å². The van der Waals surface area contributed by atoms with Gasteiger partial charge in [0.2, 0.25) is 5.91 Å². The highest BCUT2D eigenvalue weighted by molar-refractivity contribution is 5.79. The molecule has 1 aliphatic rings. The van der Waals surface area contributed by atoms with Gasteiger partial charge in [0, 0.05) is 19.6 Å². The number of nitrogens with zero attached hydrogens (tertiary/aromatic N) is 2. The van der Waals surface area contributed by atoms with Gasteiger partial charge >= 0.3 is 0 Å². The van der Waals surface area contributed by atoms with Crippen LogP contribution in [0.25, 0.3) is 0 Å². The average Bonchev–Trinajstić information content (AvgIpc) is 2.52. The first-order valence-corrected chi connectivity index (χ1v) is 7.71. The zero-order chi connectivity index (χ0) is 15.8. The zero-order valence-electron chi connectivity index (χ0n) is 12.7. The standard InChI is InChI=1S/C16H23FN4O/c17-14-6-4-5-13(11-14)12-15(22)19-7-8-20-16(18)21-9-2-1-3-10-21/h4-6,11H,1-3,7-10,12H2,(H2,18,20)(H,19,22). The first-order valence-electron chi connectivity index (χ1n) is 7.71. The molecular formula is C16H23FN4O. The van der Waals surface area contributed by atoms with Crippen LogP contribution in [0.2, 0.25) is 0 Å². The molecule has 5 nitrogen and oxygen atoms in total. The number of carbonyl (C=O) groups excluding carboxylic acids is 1. The summed E-state index contributed by atoms with van der Waals surface area (Å²) in [6.07, 6.45) is 3.73. The number of likely N-dealkylation sites (tertiary alicyclic amines) is 1. The fraction of sp³-hybridized carbons (Fsp3) is 0.500. The van der Waals surface area contributed by atoms with Gasteiger partial charge in [-0.3, -0.25) is 9.79 Å². The summed E-state index contributed by atoms with van der Waals surface area (Å²) in [7, 11) is 0. The van der Waals surface area contributed by atoms with E-state index in [9.17, 15) is 9.18 Å². The van der Waals surface area contributed by atoms with E-state index in [0.717, 1.165) is 25.9 Å². The van der Waals surface area contributed by atoms with E-state index < -0.39 is 0 Å². The molecule has 0 atom stereocenters. The van der Waals surface area contributed by atoms with Gasteiger partial charge in [0.15, 0.2) is 5.96 Å². The zero-order valence-corrected chi connectivity index (χ0v) is 12.7. The average molecular weight is 306 g/mol. The number of hydrogen-bond acceptors (Lipinski definition) is 2. The van der Waals surface area contributed by atoms with Crippen LogP contribution in [0, 0.1) is 5.82 Å². The highest BCUT2D eigenvalue weighted by atomic mass is 19.1. The van der Waals surface area contributed by atoms with Crippen molar-refractivity contribution in [1.82, 2.24) is 10.2 Å². The van der Waals surface area contributed by atoms with Crippen LogP contribution < -0.4 is 11.1 Å². The Balaban J connectivity index is 1.68. The number of piperidine rings is 1. The van der Waals surface area contributed by atoms with Crippen LogP contribution in [0.5, 0.6) is 0 Å². The number of benzene rings is 1. The molecule has 0 saturated carbocycles. The molecule has 6 heteroatoms. The summed E-state index contributed by atoms with van der Waals surface area (Å²) in [6, 6.07) is 6.06. The molecule has 0 spiro atoms. The Morgan fingerprint density at radius 3 is 2.82 bits per heavy atom. The topological polar surface area (TPSA) is 70.7 Å². The summed E-state index contributed by atoms with van der Waals surface area (Å²) in [4.78, 5) is 18.1. The van der Waals surface area contributed by atoms with E-state index in [1.165, 1.54) is 18.6 Å². The van der Waals surface area contributed by atoms with Crippen molar-refractivity contribution >= 4 is 11.9 Å². The van der Waals surface area contributed by atoms with Crippen LogP contribution in [0.3, 0.4) is 0 Å². The Bertz CT molecular complexity index is 527. The summed E-state index contributed by atoms with van der Waals surface area (Å²) < 4.78 is 13.0. The van der Waals surface area contributed by atoms with Crippen LogP contribution >= 0.6 is 0 Å². The SMILES string of the molecule is NC(=NCCNC(=O)Cc1cccc(F)c1)N1CCCCC1. The van der Waals surface area contributed by atoms with Crippen molar-refractivity contribution < 1.29 is 9.18 Å². The molecule has 0 aliphatic carbocycles. The van der Waals surface area contributed by atoms with Crippen molar-refractivity contribution in [1.29, 1.82) is 0 Å². The molecule has 0 radical (unpaired) electrons. The molecule has 0 bridgehead atoms. The Morgan fingerprint density at radius 2 is 2.09 bits per heavy atom. The summed E-state index contributed by atoms with van der Waals surface area (Å²) in [6.45, 7) is 2.81. The number of halogens is 1. The minimum Gasteiger partial charge on any atom is -0.370 e. The number of hydrogen-bond donors (Lipinski definition) is 2.